The summed E-state index contributed by atoms with van der Waals surface area (Å²) < 4.78 is 67.1. The fraction of sp³-hybridized carbons (Fsp3) is 0.348. The largest absolute Gasteiger partial charge is 0.420 e. The third-order valence-electron chi connectivity index (χ3n) is 6.28. The highest BCUT2D eigenvalue weighted by Gasteiger charge is 2.38. The maximum atomic E-state index is 13.9. The van der Waals surface area contributed by atoms with Crippen LogP contribution >= 0.6 is 11.3 Å². The van der Waals surface area contributed by atoms with Crippen LogP contribution in [0.4, 0.5) is 24.8 Å². The number of aromatic nitrogens is 2. The highest BCUT2D eigenvalue weighted by molar-refractivity contribution is 7.91. The van der Waals surface area contributed by atoms with Crippen LogP contribution in [0.15, 0.2) is 29.3 Å². The lowest BCUT2D eigenvalue weighted by atomic mass is 9.97. The molecule has 2 aliphatic rings. The number of carbonyl (C=O) groups is 1. The molecule has 1 aromatic carbocycles. The molecule has 0 unspecified atom stereocenters. The van der Waals surface area contributed by atoms with Gasteiger partial charge in [0.1, 0.15) is 10.4 Å². The van der Waals surface area contributed by atoms with Gasteiger partial charge in [0.25, 0.3) is 5.91 Å². The Hall–Kier alpha value is -3.03. The Morgan fingerprint density at radius 1 is 1.19 bits per heavy atom. The van der Waals surface area contributed by atoms with E-state index >= 15 is 0 Å². The van der Waals surface area contributed by atoms with Crippen LogP contribution < -0.4 is 10.6 Å². The first-order valence-electron chi connectivity index (χ1n) is 11.1. The number of nitrogens with zero attached hydrogens (tertiary/aromatic N) is 3. The minimum atomic E-state index is -4.79. The summed E-state index contributed by atoms with van der Waals surface area (Å²) in [6, 6.07) is 5.07. The van der Waals surface area contributed by atoms with E-state index in [-0.39, 0.29) is 32.9 Å². The van der Waals surface area contributed by atoms with Gasteiger partial charge in [-0.05, 0) is 48.7 Å². The second kappa shape index (κ2) is 8.82. The predicted molar refractivity (Wildman–Crippen MR) is 129 cm³/mol. The van der Waals surface area contributed by atoms with Gasteiger partial charge in [-0.25, -0.2) is 18.4 Å². The van der Waals surface area contributed by atoms with Gasteiger partial charge in [0.2, 0.25) is 5.95 Å². The summed E-state index contributed by atoms with van der Waals surface area (Å²) >= 11 is 0.688. The van der Waals surface area contributed by atoms with Gasteiger partial charge in [-0.15, -0.1) is 11.3 Å². The molecule has 0 fully saturated rings. The van der Waals surface area contributed by atoms with Crippen LogP contribution in [0, 0.1) is 6.92 Å². The molecule has 1 amide bonds. The van der Waals surface area contributed by atoms with Gasteiger partial charge >= 0.3 is 6.18 Å². The van der Waals surface area contributed by atoms with Crippen LogP contribution in [0.3, 0.4) is 0 Å². The molecule has 2 N–H and O–H groups in total. The van der Waals surface area contributed by atoms with E-state index < -0.39 is 33.2 Å². The Labute approximate surface area is 209 Å². The first-order valence-corrected chi connectivity index (χ1v) is 13.6. The number of rotatable bonds is 3. The van der Waals surface area contributed by atoms with Crippen molar-refractivity contribution < 1.29 is 26.4 Å². The third-order valence-corrected chi connectivity index (χ3v) is 9.25. The Kier molecular flexibility index (Phi) is 6.04. The van der Waals surface area contributed by atoms with Crippen LogP contribution in [0.5, 0.6) is 0 Å². The molecular weight excluding hydrogens is 515 g/mol. The number of sulfone groups is 1. The van der Waals surface area contributed by atoms with Crippen molar-refractivity contribution >= 4 is 38.7 Å². The SMILES string of the molecule is Cc1cc2c(cc1Nc1ncc(C(F)(F)F)c(-c3cc4c(s3)C(=O)N(C)CCS4(=O)=O)n1)CCNC2. The second-order valence-corrected chi connectivity index (χ2v) is 11.9. The monoisotopic (exact) mass is 537 g/mol. The van der Waals surface area contributed by atoms with Crippen LogP contribution in [0.1, 0.15) is 31.9 Å². The molecule has 0 radical (unpaired) electrons. The number of amides is 1. The van der Waals surface area contributed by atoms with Gasteiger partial charge in [-0.3, -0.25) is 4.79 Å². The van der Waals surface area contributed by atoms with E-state index in [0.717, 1.165) is 42.3 Å². The summed E-state index contributed by atoms with van der Waals surface area (Å²) in [5.41, 5.74) is 2.24. The molecule has 4 heterocycles. The quantitative estimate of drug-likeness (QED) is 0.524. The lowest BCUT2D eigenvalue weighted by Gasteiger charge is -2.20. The number of thiophene rings is 1. The molecule has 0 saturated heterocycles. The standard InChI is InChI=1S/C23H22F3N5O3S2/c1-12-7-14-10-27-4-3-13(14)8-16(12)29-22-28-11-15(23(24,25)26)19(30-22)17-9-18-20(35-17)21(32)31(2)5-6-36(18,33)34/h7-9,11,27H,3-6,10H2,1-2H3,(H,28,29,30). The number of fused-ring (bicyclic) bond motifs is 2. The fourth-order valence-electron chi connectivity index (χ4n) is 4.26. The first-order chi connectivity index (χ1) is 16.9. The molecule has 0 aliphatic carbocycles. The van der Waals surface area contributed by atoms with Crippen molar-refractivity contribution in [2.75, 3.05) is 31.2 Å². The average molecular weight is 538 g/mol. The molecule has 36 heavy (non-hydrogen) atoms. The Bertz CT molecular complexity index is 1480. The lowest BCUT2D eigenvalue weighted by molar-refractivity contribution is -0.137. The number of nitrogens with one attached hydrogen (secondary N) is 2. The number of halogens is 3. The highest BCUT2D eigenvalue weighted by Crippen LogP contribution is 2.42. The Morgan fingerprint density at radius 3 is 2.72 bits per heavy atom. The zero-order valence-electron chi connectivity index (χ0n) is 19.4. The summed E-state index contributed by atoms with van der Waals surface area (Å²) in [5.74, 6) is -0.929. The smallest absolute Gasteiger partial charge is 0.340 e. The number of alkyl halides is 3. The summed E-state index contributed by atoms with van der Waals surface area (Å²) in [6.45, 7) is 3.46. The fourth-order valence-corrected chi connectivity index (χ4v) is 7.29. The van der Waals surface area contributed by atoms with E-state index in [0.29, 0.717) is 23.2 Å². The molecule has 0 saturated carbocycles. The molecule has 2 aliphatic heterocycles. The minimum absolute atomic E-state index is 0.00344. The van der Waals surface area contributed by atoms with E-state index in [1.54, 1.807) is 0 Å². The molecule has 5 rings (SSSR count). The minimum Gasteiger partial charge on any atom is -0.340 e. The maximum Gasteiger partial charge on any atom is 0.420 e. The van der Waals surface area contributed by atoms with Gasteiger partial charge in [0.15, 0.2) is 9.84 Å². The maximum absolute atomic E-state index is 13.9. The summed E-state index contributed by atoms with van der Waals surface area (Å²) in [7, 11) is -2.39. The molecule has 13 heteroatoms. The van der Waals surface area contributed by atoms with Gasteiger partial charge in [0.05, 0.1) is 21.2 Å². The predicted octanol–water partition coefficient (Wildman–Crippen LogP) is 3.78. The molecule has 8 nitrogen and oxygen atoms in total. The van der Waals surface area contributed by atoms with E-state index in [1.165, 1.54) is 11.9 Å². The van der Waals surface area contributed by atoms with Crippen molar-refractivity contribution in [3.63, 3.8) is 0 Å². The molecular formula is C23H22F3N5O3S2. The van der Waals surface area contributed by atoms with E-state index in [9.17, 15) is 26.4 Å². The number of hydrogen-bond acceptors (Lipinski definition) is 8. The lowest BCUT2D eigenvalue weighted by Crippen LogP contribution is -2.27. The van der Waals surface area contributed by atoms with Crippen molar-refractivity contribution in [1.82, 2.24) is 20.2 Å². The van der Waals surface area contributed by atoms with Gasteiger partial charge < -0.3 is 15.5 Å². The molecule has 0 atom stereocenters. The summed E-state index contributed by atoms with van der Waals surface area (Å²) in [6.07, 6.45) is -3.29. The van der Waals surface area contributed by atoms with Crippen LogP contribution in [0.25, 0.3) is 10.6 Å². The van der Waals surface area contributed by atoms with Gasteiger partial charge in [-0.1, -0.05) is 6.07 Å². The summed E-state index contributed by atoms with van der Waals surface area (Å²) in [5, 5.41) is 6.32. The Balaban J connectivity index is 1.60. The first kappa shape index (κ1) is 24.7. The molecule has 3 aromatic rings. The van der Waals surface area contributed by atoms with Crippen molar-refractivity contribution in [3.8, 4) is 10.6 Å². The highest BCUT2D eigenvalue weighted by atomic mass is 32.2. The zero-order valence-corrected chi connectivity index (χ0v) is 21.0. The van der Waals surface area contributed by atoms with Crippen LogP contribution in [-0.2, 0) is 29.0 Å². The van der Waals surface area contributed by atoms with Crippen molar-refractivity contribution in [3.05, 3.63) is 51.5 Å². The number of benzene rings is 1. The topological polar surface area (TPSA) is 104 Å². The van der Waals surface area contributed by atoms with Crippen LogP contribution in [0.2, 0.25) is 0 Å². The number of hydrogen-bond donors (Lipinski definition) is 2. The zero-order chi connectivity index (χ0) is 25.8. The van der Waals surface area contributed by atoms with Gasteiger partial charge in [-0.2, -0.15) is 13.2 Å². The third kappa shape index (κ3) is 4.46. The molecule has 2 aromatic heterocycles. The van der Waals surface area contributed by atoms with Crippen molar-refractivity contribution in [1.29, 1.82) is 0 Å². The second-order valence-electron chi connectivity index (χ2n) is 8.79. The number of carbonyl (C=O) groups excluding carboxylic acids is 1. The average Bonchev–Trinajstić information content (AvgIpc) is 3.25. The van der Waals surface area contributed by atoms with E-state index in [2.05, 4.69) is 20.6 Å². The number of anilines is 2. The summed E-state index contributed by atoms with van der Waals surface area (Å²) in [4.78, 5) is 21.5. The normalized spacial score (nSPS) is 17.4. The molecule has 0 bridgehead atoms. The van der Waals surface area contributed by atoms with E-state index in [4.69, 9.17) is 0 Å². The number of aryl methyl sites for hydroxylation is 1. The van der Waals surface area contributed by atoms with E-state index in [1.807, 2.05) is 19.1 Å². The van der Waals surface area contributed by atoms with Crippen molar-refractivity contribution in [2.24, 2.45) is 0 Å². The molecule has 0 spiro atoms. The molecule has 190 valence electrons. The van der Waals surface area contributed by atoms with Crippen molar-refractivity contribution in [2.45, 2.75) is 31.0 Å². The Morgan fingerprint density at radius 2 is 1.97 bits per heavy atom. The van der Waals surface area contributed by atoms with Crippen LogP contribution in [-0.4, -0.2) is 55.1 Å². The van der Waals surface area contributed by atoms with Gasteiger partial charge in [0, 0.05) is 32.0 Å².